The van der Waals surface area contributed by atoms with Crippen molar-refractivity contribution in [1.29, 1.82) is 0 Å². The summed E-state index contributed by atoms with van der Waals surface area (Å²) in [4.78, 5) is 34.2. The van der Waals surface area contributed by atoms with Gasteiger partial charge in [0.25, 0.3) is 11.1 Å². The molecule has 0 radical (unpaired) electrons. The van der Waals surface area contributed by atoms with E-state index < -0.39 is 0 Å². The summed E-state index contributed by atoms with van der Waals surface area (Å²) in [5.74, 6) is 0.399. The van der Waals surface area contributed by atoms with Crippen LogP contribution in [0, 0.1) is 0 Å². The van der Waals surface area contributed by atoms with Gasteiger partial charge >= 0.3 is 0 Å². The Labute approximate surface area is 169 Å². The van der Waals surface area contributed by atoms with E-state index in [0.29, 0.717) is 44.7 Å². The van der Waals surface area contributed by atoms with E-state index in [2.05, 4.69) is 16.5 Å². The molecule has 0 aliphatic rings. The Morgan fingerprint density at radius 3 is 2.79 bits per heavy atom. The number of fused-ring (bicyclic) bond motifs is 2. The second-order valence-electron chi connectivity index (χ2n) is 6.07. The largest absolute Gasteiger partial charge is 0.283 e. The molecule has 0 saturated carbocycles. The van der Waals surface area contributed by atoms with Gasteiger partial charge in [0, 0.05) is 24.6 Å². The lowest BCUT2D eigenvalue weighted by molar-refractivity contribution is 0.671. The molecule has 0 spiro atoms. The zero-order valence-electron chi connectivity index (χ0n) is 14.7. The SMILES string of the molecule is C=CCn1c(SCc2cc(=O)n3cc(Cl)ccc3n2)nc2ccccc2c1=O. The van der Waals surface area contributed by atoms with Gasteiger partial charge in [0.05, 0.1) is 21.6 Å². The highest BCUT2D eigenvalue weighted by Gasteiger charge is 2.12. The summed E-state index contributed by atoms with van der Waals surface area (Å²) in [6, 6.07) is 12.1. The van der Waals surface area contributed by atoms with Crippen LogP contribution in [0.3, 0.4) is 0 Å². The molecule has 0 atom stereocenters. The minimum atomic E-state index is -0.210. The maximum absolute atomic E-state index is 12.8. The first-order chi connectivity index (χ1) is 13.6. The van der Waals surface area contributed by atoms with Gasteiger partial charge in [-0.3, -0.25) is 18.6 Å². The molecular weight excluding hydrogens is 396 g/mol. The molecule has 4 rings (SSSR count). The van der Waals surface area contributed by atoms with Gasteiger partial charge in [0.15, 0.2) is 5.16 Å². The van der Waals surface area contributed by atoms with Crippen LogP contribution in [0.4, 0.5) is 0 Å². The van der Waals surface area contributed by atoms with E-state index in [1.807, 2.05) is 18.2 Å². The van der Waals surface area contributed by atoms with Gasteiger partial charge in [-0.15, -0.1) is 6.58 Å². The lowest BCUT2D eigenvalue weighted by Crippen LogP contribution is -2.22. The average Bonchev–Trinajstić information content (AvgIpc) is 2.69. The third-order valence-corrected chi connectivity index (χ3v) is 5.40. The first kappa shape index (κ1) is 18.5. The lowest BCUT2D eigenvalue weighted by atomic mass is 10.2. The van der Waals surface area contributed by atoms with Gasteiger partial charge in [0.1, 0.15) is 5.65 Å². The average molecular weight is 411 g/mol. The van der Waals surface area contributed by atoms with Crippen LogP contribution in [0.5, 0.6) is 0 Å². The summed E-state index contributed by atoms with van der Waals surface area (Å²) in [7, 11) is 0. The molecule has 0 unspecified atom stereocenters. The molecule has 28 heavy (non-hydrogen) atoms. The van der Waals surface area contributed by atoms with Crippen LogP contribution in [0.15, 0.2) is 76.1 Å². The summed E-state index contributed by atoms with van der Waals surface area (Å²) in [5, 5.41) is 1.58. The van der Waals surface area contributed by atoms with Crippen LogP contribution >= 0.6 is 23.4 Å². The van der Waals surface area contributed by atoms with E-state index in [-0.39, 0.29) is 11.1 Å². The van der Waals surface area contributed by atoms with E-state index in [9.17, 15) is 9.59 Å². The summed E-state index contributed by atoms with van der Waals surface area (Å²) in [6.45, 7) is 4.08. The second kappa shape index (κ2) is 7.61. The second-order valence-corrected chi connectivity index (χ2v) is 7.44. The molecule has 3 aromatic heterocycles. The Morgan fingerprint density at radius 1 is 1.14 bits per heavy atom. The summed E-state index contributed by atoms with van der Waals surface area (Å²) < 4.78 is 2.98. The monoisotopic (exact) mass is 410 g/mol. The number of benzene rings is 1. The van der Waals surface area contributed by atoms with Crippen molar-refractivity contribution in [3.8, 4) is 0 Å². The minimum Gasteiger partial charge on any atom is -0.283 e. The molecule has 8 heteroatoms. The van der Waals surface area contributed by atoms with Crippen LogP contribution in [-0.2, 0) is 12.3 Å². The fraction of sp³-hybridized carbons (Fsp3) is 0.100. The molecule has 0 bridgehead atoms. The predicted molar refractivity (Wildman–Crippen MR) is 112 cm³/mol. The van der Waals surface area contributed by atoms with Crippen molar-refractivity contribution in [3.63, 3.8) is 0 Å². The number of hydrogen-bond acceptors (Lipinski definition) is 5. The van der Waals surface area contributed by atoms with Gasteiger partial charge in [-0.05, 0) is 24.3 Å². The molecule has 1 aromatic carbocycles. The van der Waals surface area contributed by atoms with Crippen molar-refractivity contribution < 1.29 is 0 Å². The molecule has 0 aliphatic carbocycles. The van der Waals surface area contributed by atoms with Gasteiger partial charge in [-0.25, -0.2) is 9.97 Å². The standard InChI is InChI=1S/C20H15ClN4O2S/c1-2-9-24-19(27)15-5-3-4-6-16(15)23-20(24)28-12-14-10-18(26)25-11-13(21)7-8-17(25)22-14/h2-8,10-11H,1,9,12H2. The molecule has 3 heterocycles. The number of thioether (sulfide) groups is 1. The van der Waals surface area contributed by atoms with Gasteiger partial charge in [-0.1, -0.05) is 41.6 Å². The summed E-state index contributed by atoms with van der Waals surface area (Å²) >= 11 is 7.30. The molecular formula is C20H15ClN4O2S. The first-order valence-electron chi connectivity index (χ1n) is 8.48. The Morgan fingerprint density at radius 2 is 1.96 bits per heavy atom. The Hall–Kier alpha value is -2.90. The number of nitrogens with zero attached hydrogens (tertiary/aromatic N) is 4. The number of aromatic nitrogens is 4. The normalized spacial score (nSPS) is 11.2. The van der Waals surface area contributed by atoms with Crippen LogP contribution in [-0.4, -0.2) is 18.9 Å². The number of hydrogen-bond donors (Lipinski definition) is 0. The number of pyridine rings is 1. The van der Waals surface area contributed by atoms with E-state index in [0.717, 1.165) is 0 Å². The Balaban J connectivity index is 1.72. The number of rotatable bonds is 5. The Bertz CT molecular complexity index is 1330. The van der Waals surface area contributed by atoms with Gasteiger partial charge < -0.3 is 0 Å². The van der Waals surface area contributed by atoms with E-state index >= 15 is 0 Å². The smallest absolute Gasteiger partial charge is 0.262 e. The molecule has 4 aromatic rings. The van der Waals surface area contributed by atoms with Gasteiger partial charge in [-0.2, -0.15) is 0 Å². The highest BCUT2D eigenvalue weighted by atomic mass is 35.5. The fourth-order valence-electron chi connectivity index (χ4n) is 2.89. The van der Waals surface area contributed by atoms with Crippen LogP contribution < -0.4 is 11.1 Å². The number of para-hydroxylation sites is 1. The highest BCUT2D eigenvalue weighted by molar-refractivity contribution is 7.98. The fourth-order valence-corrected chi connectivity index (χ4v) is 3.95. The van der Waals surface area contributed by atoms with E-state index in [4.69, 9.17) is 11.6 Å². The number of allylic oxidation sites excluding steroid dienone is 1. The minimum absolute atomic E-state index is 0.116. The van der Waals surface area contributed by atoms with Crippen LogP contribution in [0.2, 0.25) is 5.02 Å². The van der Waals surface area contributed by atoms with E-state index in [1.165, 1.54) is 28.4 Å². The van der Waals surface area contributed by atoms with E-state index in [1.54, 1.807) is 28.8 Å². The quantitative estimate of drug-likeness (QED) is 0.286. The zero-order valence-corrected chi connectivity index (χ0v) is 16.3. The highest BCUT2D eigenvalue weighted by Crippen LogP contribution is 2.21. The van der Waals surface area contributed by atoms with Gasteiger partial charge in [0.2, 0.25) is 0 Å². The third-order valence-electron chi connectivity index (χ3n) is 4.16. The molecule has 0 aliphatic heterocycles. The maximum Gasteiger partial charge on any atom is 0.262 e. The molecule has 0 saturated heterocycles. The van der Waals surface area contributed by atoms with Crippen molar-refractivity contribution in [1.82, 2.24) is 18.9 Å². The summed E-state index contributed by atoms with van der Waals surface area (Å²) in [5.41, 5.74) is 1.43. The van der Waals surface area contributed by atoms with Crippen LogP contribution in [0.25, 0.3) is 16.6 Å². The van der Waals surface area contributed by atoms with Crippen molar-refractivity contribution in [3.05, 3.63) is 92.7 Å². The van der Waals surface area contributed by atoms with Crippen molar-refractivity contribution >= 4 is 39.9 Å². The first-order valence-corrected chi connectivity index (χ1v) is 9.84. The zero-order chi connectivity index (χ0) is 19.7. The molecule has 6 nitrogen and oxygen atoms in total. The molecule has 140 valence electrons. The van der Waals surface area contributed by atoms with Crippen LogP contribution in [0.1, 0.15) is 5.69 Å². The lowest BCUT2D eigenvalue weighted by Gasteiger charge is -2.11. The maximum atomic E-state index is 12.8. The van der Waals surface area contributed by atoms with Crippen molar-refractivity contribution in [2.75, 3.05) is 0 Å². The molecule has 0 N–H and O–H groups in total. The van der Waals surface area contributed by atoms with Crippen molar-refractivity contribution in [2.45, 2.75) is 17.5 Å². The molecule has 0 fully saturated rings. The number of halogens is 1. The predicted octanol–water partition coefficient (Wildman–Crippen LogP) is 3.54. The van der Waals surface area contributed by atoms with Crippen molar-refractivity contribution in [2.24, 2.45) is 0 Å². The summed E-state index contributed by atoms with van der Waals surface area (Å²) in [6.07, 6.45) is 3.20. The molecule has 0 amide bonds. The third kappa shape index (κ3) is 3.46. The topological polar surface area (TPSA) is 69.3 Å². The Kier molecular flexibility index (Phi) is 5.02.